The second kappa shape index (κ2) is 3.88. The minimum Gasteiger partial charge on any atom is -0.481 e. The van der Waals surface area contributed by atoms with E-state index in [1.807, 2.05) is 0 Å². The van der Waals surface area contributed by atoms with Crippen LogP contribution in [0.25, 0.3) is 0 Å². The molecule has 6 heteroatoms. The van der Waals surface area contributed by atoms with Crippen LogP contribution in [0.2, 0.25) is 0 Å². The smallest absolute Gasteiger partial charge is 0.318 e. The summed E-state index contributed by atoms with van der Waals surface area (Å²) in [5.74, 6) is -1.80. The first-order valence-corrected chi connectivity index (χ1v) is 3.58. The number of amides is 3. The van der Waals surface area contributed by atoms with Crippen LogP contribution in [-0.2, 0) is 9.59 Å². The highest BCUT2D eigenvalue weighted by atomic mass is 16.4. The Balaban J connectivity index is 4.20. The third-order valence-electron chi connectivity index (χ3n) is 1.44. The summed E-state index contributed by atoms with van der Waals surface area (Å²) in [7, 11) is 0. The zero-order valence-electron chi connectivity index (χ0n) is 7.46. The predicted octanol–water partition coefficient (Wildman–Crippen LogP) is -0.318. The average Bonchev–Trinajstić information content (AvgIpc) is 1.82. The Labute approximate surface area is 75.1 Å². The van der Waals surface area contributed by atoms with E-state index >= 15 is 0 Å². The molecule has 0 aromatic heterocycles. The van der Waals surface area contributed by atoms with Gasteiger partial charge in [-0.3, -0.25) is 14.9 Å². The van der Waals surface area contributed by atoms with E-state index in [1.54, 1.807) is 5.32 Å². The summed E-state index contributed by atoms with van der Waals surface area (Å²) in [6, 6.07) is -0.980. The van der Waals surface area contributed by atoms with Crippen LogP contribution in [0.1, 0.15) is 20.3 Å². The summed E-state index contributed by atoms with van der Waals surface area (Å²) >= 11 is 0. The van der Waals surface area contributed by atoms with Gasteiger partial charge in [-0.1, -0.05) is 0 Å². The van der Waals surface area contributed by atoms with E-state index in [-0.39, 0.29) is 6.42 Å². The Morgan fingerprint density at radius 2 is 1.85 bits per heavy atom. The molecule has 0 bridgehead atoms. The van der Waals surface area contributed by atoms with Crippen LogP contribution in [-0.4, -0.2) is 23.0 Å². The number of carboxylic acids is 1. The lowest BCUT2D eigenvalue weighted by atomic mass is 9.89. The van der Waals surface area contributed by atoms with Crippen LogP contribution in [0.15, 0.2) is 0 Å². The minimum atomic E-state index is -1.19. The number of nitrogens with one attached hydrogen (secondary N) is 1. The van der Waals surface area contributed by atoms with Gasteiger partial charge in [0, 0.05) is 6.42 Å². The topological polar surface area (TPSA) is 109 Å². The van der Waals surface area contributed by atoms with Crippen molar-refractivity contribution in [3.8, 4) is 0 Å². The maximum Gasteiger partial charge on any atom is 0.318 e. The first-order valence-electron chi connectivity index (χ1n) is 3.58. The van der Waals surface area contributed by atoms with Crippen LogP contribution in [0.3, 0.4) is 0 Å². The maximum absolute atomic E-state index is 10.9. The van der Waals surface area contributed by atoms with Crippen LogP contribution < -0.4 is 11.1 Å². The highest BCUT2D eigenvalue weighted by Crippen LogP contribution is 2.19. The van der Waals surface area contributed by atoms with Crippen molar-refractivity contribution < 1.29 is 19.5 Å². The average molecular weight is 188 g/mol. The number of aliphatic carboxylic acids is 1. The van der Waals surface area contributed by atoms with Crippen molar-refractivity contribution >= 4 is 17.9 Å². The molecule has 0 saturated carbocycles. The van der Waals surface area contributed by atoms with E-state index in [1.165, 1.54) is 13.8 Å². The van der Waals surface area contributed by atoms with E-state index in [2.05, 4.69) is 5.73 Å². The van der Waals surface area contributed by atoms with Crippen molar-refractivity contribution in [3.05, 3.63) is 0 Å². The lowest BCUT2D eigenvalue weighted by Gasteiger charge is -2.17. The molecule has 13 heavy (non-hydrogen) atoms. The van der Waals surface area contributed by atoms with E-state index in [4.69, 9.17) is 5.11 Å². The van der Waals surface area contributed by atoms with Gasteiger partial charge >= 0.3 is 12.0 Å². The van der Waals surface area contributed by atoms with Crippen molar-refractivity contribution in [3.63, 3.8) is 0 Å². The van der Waals surface area contributed by atoms with Gasteiger partial charge in [0.25, 0.3) is 0 Å². The molecule has 0 rings (SSSR count). The molecule has 0 atom stereocenters. The van der Waals surface area contributed by atoms with Gasteiger partial charge < -0.3 is 10.8 Å². The molecule has 0 aliphatic rings. The summed E-state index contributed by atoms with van der Waals surface area (Å²) in [5, 5.41) is 10.4. The molecule has 3 amide bonds. The number of rotatable bonds is 3. The van der Waals surface area contributed by atoms with Crippen LogP contribution in [0, 0.1) is 5.41 Å². The zero-order valence-corrected chi connectivity index (χ0v) is 7.46. The summed E-state index contributed by atoms with van der Waals surface area (Å²) in [5.41, 5.74) is 3.48. The molecule has 0 aromatic rings. The molecule has 0 saturated heterocycles. The van der Waals surface area contributed by atoms with Gasteiger partial charge in [-0.05, 0) is 13.8 Å². The van der Waals surface area contributed by atoms with Gasteiger partial charge in [0.1, 0.15) is 0 Å². The molecule has 0 aliphatic carbocycles. The highest BCUT2D eigenvalue weighted by molar-refractivity contribution is 5.95. The molecule has 0 aliphatic heterocycles. The number of carbonyl (C=O) groups excluding carboxylic acids is 2. The van der Waals surface area contributed by atoms with Crippen molar-refractivity contribution in [2.75, 3.05) is 0 Å². The minimum absolute atomic E-state index is 0.286. The largest absolute Gasteiger partial charge is 0.481 e. The Morgan fingerprint density at radius 1 is 1.38 bits per heavy atom. The fourth-order valence-electron chi connectivity index (χ4n) is 0.659. The molecule has 0 unspecified atom stereocenters. The lowest BCUT2D eigenvalue weighted by Crippen LogP contribution is -2.39. The van der Waals surface area contributed by atoms with Crippen molar-refractivity contribution in [2.24, 2.45) is 11.1 Å². The van der Waals surface area contributed by atoms with E-state index in [0.29, 0.717) is 0 Å². The van der Waals surface area contributed by atoms with Gasteiger partial charge in [0.2, 0.25) is 5.91 Å². The molecule has 0 spiro atoms. The fraction of sp³-hybridized carbons (Fsp3) is 0.571. The third-order valence-corrected chi connectivity index (χ3v) is 1.44. The number of carboxylic acid groups (broad SMARTS) is 1. The number of carbonyl (C=O) groups is 3. The second-order valence-electron chi connectivity index (χ2n) is 3.28. The summed E-state index contributed by atoms with van der Waals surface area (Å²) < 4.78 is 0. The molecule has 6 nitrogen and oxygen atoms in total. The highest BCUT2D eigenvalue weighted by Gasteiger charge is 2.30. The van der Waals surface area contributed by atoms with Crippen LogP contribution in [0.4, 0.5) is 4.79 Å². The van der Waals surface area contributed by atoms with Gasteiger partial charge in [0.15, 0.2) is 0 Å². The number of urea groups is 1. The number of hydrogen-bond donors (Lipinski definition) is 3. The van der Waals surface area contributed by atoms with Crippen molar-refractivity contribution in [1.82, 2.24) is 5.32 Å². The van der Waals surface area contributed by atoms with Gasteiger partial charge in [-0.15, -0.1) is 0 Å². The summed E-state index contributed by atoms with van der Waals surface area (Å²) in [6.07, 6.45) is -0.286. The predicted molar refractivity (Wildman–Crippen MR) is 43.8 cm³/mol. The fourth-order valence-corrected chi connectivity index (χ4v) is 0.659. The zero-order chi connectivity index (χ0) is 10.6. The Bertz CT molecular complexity index is 247. The van der Waals surface area contributed by atoms with Gasteiger partial charge in [-0.2, -0.15) is 0 Å². The van der Waals surface area contributed by atoms with Crippen molar-refractivity contribution in [1.29, 1.82) is 0 Å². The van der Waals surface area contributed by atoms with Crippen LogP contribution in [0.5, 0.6) is 0 Å². The molecular formula is C7H12N2O4. The lowest BCUT2D eigenvalue weighted by molar-refractivity contribution is -0.149. The molecule has 74 valence electrons. The van der Waals surface area contributed by atoms with Gasteiger partial charge in [-0.25, -0.2) is 4.79 Å². The maximum atomic E-state index is 10.9. The van der Waals surface area contributed by atoms with E-state index in [9.17, 15) is 14.4 Å². The standard InChI is InChI=1S/C7H12N2O4/c1-7(2,5(11)12)3-4(10)9-6(8)13/h3H2,1-2H3,(H,11,12)(H3,8,9,10,13). The SMILES string of the molecule is CC(C)(CC(=O)NC(N)=O)C(=O)O. The summed E-state index contributed by atoms with van der Waals surface area (Å²) in [6.45, 7) is 2.77. The van der Waals surface area contributed by atoms with Gasteiger partial charge in [0.05, 0.1) is 5.41 Å². The number of nitrogens with two attached hydrogens (primary N) is 1. The summed E-state index contributed by atoms with van der Waals surface area (Å²) in [4.78, 5) is 31.7. The first-order chi connectivity index (χ1) is 5.75. The Hall–Kier alpha value is -1.59. The number of imide groups is 1. The molecule has 0 radical (unpaired) electrons. The Kier molecular flexibility index (Phi) is 3.41. The van der Waals surface area contributed by atoms with Crippen LogP contribution >= 0.6 is 0 Å². The quantitative estimate of drug-likeness (QED) is 0.563. The second-order valence-corrected chi connectivity index (χ2v) is 3.28. The normalized spacial score (nSPS) is 10.6. The van der Waals surface area contributed by atoms with E-state index in [0.717, 1.165) is 0 Å². The monoisotopic (exact) mass is 188 g/mol. The molecule has 0 aromatic carbocycles. The number of primary amides is 1. The number of hydrogen-bond acceptors (Lipinski definition) is 3. The molecule has 4 N–H and O–H groups in total. The Morgan fingerprint density at radius 3 is 2.15 bits per heavy atom. The first kappa shape index (κ1) is 11.4. The third kappa shape index (κ3) is 4.09. The molecule has 0 heterocycles. The molecular weight excluding hydrogens is 176 g/mol. The van der Waals surface area contributed by atoms with E-state index < -0.39 is 23.3 Å². The molecule has 0 fully saturated rings. The van der Waals surface area contributed by atoms with Crippen molar-refractivity contribution in [2.45, 2.75) is 20.3 Å².